The van der Waals surface area contributed by atoms with Crippen LogP contribution in [0.1, 0.15) is 67.8 Å². The number of esters is 2. The number of methoxy groups -OCH3 is 1. The Bertz CT molecular complexity index is 985. The molecule has 0 aromatic heterocycles. The van der Waals surface area contributed by atoms with Crippen molar-refractivity contribution in [3.05, 3.63) is 53.6 Å². The second-order valence-corrected chi connectivity index (χ2v) is 8.41. The van der Waals surface area contributed by atoms with Gasteiger partial charge in [-0.25, -0.2) is 9.59 Å². The van der Waals surface area contributed by atoms with Gasteiger partial charge < -0.3 is 30.4 Å². The minimum atomic E-state index is -0.443. The molecule has 2 rings (SSSR count). The van der Waals surface area contributed by atoms with Crippen LogP contribution in [0.4, 0.5) is 11.4 Å². The van der Waals surface area contributed by atoms with Crippen LogP contribution in [0, 0.1) is 0 Å². The van der Waals surface area contributed by atoms with Crippen LogP contribution >= 0.6 is 0 Å². The van der Waals surface area contributed by atoms with E-state index in [1.54, 1.807) is 19.3 Å². The molecule has 0 heterocycles. The van der Waals surface area contributed by atoms with E-state index >= 15 is 0 Å². The molecule has 0 unspecified atom stereocenters. The maximum absolute atomic E-state index is 12.0. The first-order chi connectivity index (χ1) is 17.4. The van der Waals surface area contributed by atoms with Crippen molar-refractivity contribution in [2.45, 2.75) is 51.9 Å². The first-order valence-corrected chi connectivity index (χ1v) is 12.4. The van der Waals surface area contributed by atoms with Gasteiger partial charge in [-0.15, -0.1) is 0 Å². The number of nitrogens with two attached hydrogens (primary N) is 2. The Balaban J connectivity index is 1.60. The SMILES string of the molecule is CCCCCOc1ccc(C=CC(=O)OCCCCCCOC(=O)c2cc(N)cc(N)c2)cc1OC. The molecular weight excluding hydrogens is 460 g/mol. The minimum absolute atomic E-state index is 0.308. The highest BCUT2D eigenvalue weighted by Crippen LogP contribution is 2.28. The van der Waals surface area contributed by atoms with Gasteiger partial charge in [-0.1, -0.05) is 25.8 Å². The van der Waals surface area contributed by atoms with Crippen molar-refractivity contribution in [1.29, 1.82) is 0 Å². The van der Waals surface area contributed by atoms with Crippen LogP contribution in [0.15, 0.2) is 42.5 Å². The number of hydrogen-bond donors (Lipinski definition) is 2. The molecule has 0 amide bonds. The van der Waals surface area contributed by atoms with Gasteiger partial charge in [-0.2, -0.15) is 0 Å². The maximum Gasteiger partial charge on any atom is 0.338 e. The average molecular weight is 499 g/mol. The summed E-state index contributed by atoms with van der Waals surface area (Å²) in [7, 11) is 1.59. The number of carbonyl (C=O) groups is 2. The largest absolute Gasteiger partial charge is 0.493 e. The van der Waals surface area contributed by atoms with E-state index in [4.69, 9.17) is 30.4 Å². The van der Waals surface area contributed by atoms with Crippen LogP contribution in [0.5, 0.6) is 11.5 Å². The van der Waals surface area contributed by atoms with Crippen LogP contribution in [0.25, 0.3) is 6.08 Å². The molecule has 0 aliphatic rings. The van der Waals surface area contributed by atoms with Crippen LogP contribution in [-0.4, -0.2) is 38.9 Å². The van der Waals surface area contributed by atoms with Crippen LogP contribution in [-0.2, 0) is 14.3 Å². The lowest BCUT2D eigenvalue weighted by atomic mass is 10.2. The Morgan fingerprint density at radius 3 is 2.14 bits per heavy atom. The fourth-order valence-corrected chi connectivity index (χ4v) is 3.43. The zero-order valence-electron chi connectivity index (χ0n) is 21.3. The van der Waals surface area contributed by atoms with Crippen molar-refractivity contribution >= 4 is 29.4 Å². The summed E-state index contributed by atoms with van der Waals surface area (Å²) in [5, 5.41) is 0. The van der Waals surface area contributed by atoms with Crippen LogP contribution in [0.2, 0.25) is 0 Å². The van der Waals surface area contributed by atoms with Gasteiger partial charge in [0.1, 0.15) is 0 Å². The predicted octanol–water partition coefficient (Wildman–Crippen LogP) is 5.40. The normalized spacial score (nSPS) is 10.8. The molecule has 8 nitrogen and oxygen atoms in total. The molecule has 0 fully saturated rings. The van der Waals surface area contributed by atoms with Crippen molar-refractivity contribution in [3.63, 3.8) is 0 Å². The monoisotopic (exact) mass is 498 g/mol. The summed E-state index contributed by atoms with van der Waals surface area (Å²) in [4.78, 5) is 24.0. The van der Waals surface area contributed by atoms with Crippen molar-refractivity contribution in [3.8, 4) is 11.5 Å². The standard InChI is InChI=1S/C28H38N2O6/c1-3-4-7-14-34-25-12-10-21(17-26(25)33-2)11-13-27(31)35-15-8-5-6-9-16-36-28(32)22-18-23(29)20-24(30)19-22/h10-13,17-20H,3-9,14-16,29-30H2,1-2H3. The van der Waals surface area contributed by atoms with E-state index in [2.05, 4.69) is 6.92 Å². The average Bonchev–Trinajstić information content (AvgIpc) is 2.86. The summed E-state index contributed by atoms with van der Waals surface area (Å²) in [6, 6.07) is 10.2. The third-order valence-electron chi connectivity index (χ3n) is 5.33. The molecule has 196 valence electrons. The van der Waals surface area contributed by atoms with Gasteiger partial charge in [0.05, 0.1) is 32.5 Å². The number of unbranched alkanes of at least 4 members (excludes halogenated alkanes) is 5. The third-order valence-corrected chi connectivity index (χ3v) is 5.33. The second kappa shape index (κ2) is 16.1. The van der Waals surface area contributed by atoms with Crippen LogP contribution < -0.4 is 20.9 Å². The lowest BCUT2D eigenvalue weighted by molar-refractivity contribution is -0.137. The van der Waals surface area contributed by atoms with Gasteiger partial charge >= 0.3 is 11.9 Å². The molecule has 2 aromatic rings. The molecule has 4 N–H and O–H groups in total. The van der Waals surface area contributed by atoms with Crippen molar-refractivity contribution in [1.82, 2.24) is 0 Å². The van der Waals surface area contributed by atoms with Crippen molar-refractivity contribution in [2.24, 2.45) is 0 Å². The first-order valence-electron chi connectivity index (χ1n) is 12.4. The lowest BCUT2D eigenvalue weighted by Crippen LogP contribution is -2.08. The molecule has 0 atom stereocenters. The number of hydrogen-bond acceptors (Lipinski definition) is 8. The topological polar surface area (TPSA) is 123 Å². The van der Waals surface area contributed by atoms with Gasteiger partial charge in [0.25, 0.3) is 0 Å². The smallest absolute Gasteiger partial charge is 0.338 e. The van der Waals surface area contributed by atoms with Gasteiger partial charge in [0.15, 0.2) is 11.5 Å². The summed E-state index contributed by atoms with van der Waals surface area (Å²) in [6.07, 6.45) is 9.52. The minimum Gasteiger partial charge on any atom is -0.493 e. The molecule has 2 aromatic carbocycles. The molecular formula is C28H38N2O6. The van der Waals surface area contributed by atoms with E-state index in [0.717, 1.165) is 50.5 Å². The molecule has 0 aliphatic heterocycles. The molecule has 0 radical (unpaired) electrons. The molecule has 0 saturated carbocycles. The second-order valence-electron chi connectivity index (χ2n) is 8.41. The first kappa shape index (κ1) is 28.6. The number of carbonyl (C=O) groups excluding carboxylic acids is 2. The van der Waals surface area contributed by atoms with E-state index in [1.165, 1.54) is 18.2 Å². The van der Waals surface area contributed by atoms with E-state index in [9.17, 15) is 9.59 Å². The predicted molar refractivity (Wildman–Crippen MR) is 142 cm³/mol. The molecule has 0 bridgehead atoms. The van der Waals surface area contributed by atoms with Gasteiger partial charge in [-0.3, -0.25) is 0 Å². The van der Waals surface area contributed by atoms with Gasteiger partial charge in [-0.05, 0) is 74.1 Å². The van der Waals surface area contributed by atoms with E-state index in [0.29, 0.717) is 48.3 Å². The summed E-state index contributed by atoms with van der Waals surface area (Å²) in [5.74, 6) is 0.480. The Hall–Kier alpha value is -3.68. The molecule has 36 heavy (non-hydrogen) atoms. The van der Waals surface area contributed by atoms with Crippen molar-refractivity contribution in [2.75, 3.05) is 38.4 Å². The van der Waals surface area contributed by atoms with Gasteiger partial charge in [0, 0.05) is 17.5 Å². The number of benzene rings is 2. The fraction of sp³-hybridized carbons (Fsp3) is 0.429. The summed E-state index contributed by atoms with van der Waals surface area (Å²) < 4.78 is 21.7. The Labute approximate surface area is 213 Å². The zero-order valence-corrected chi connectivity index (χ0v) is 21.3. The number of rotatable bonds is 16. The highest BCUT2D eigenvalue weighted by molar-refractivity contribution is 5.91. The molecule has 0 aliphatic carbocycles. The summed E-state index contributed by atoms with van der Waals surface area (Å²) >= 11 is 0. The number of nitrogen functional groups attached to an aromatic ring is 2. The lowest BCUT2D eigenvalue weighted by Gasteiger charge is -2.11. The Morgan fingerprint density at radius 2 is 1.47 bits per heavy atom. The summed E-state index contributed by atoms with van der Waals surface area (Å²) in [6.45, 7) is 3.44. The van der Waals surface area contributed by atoms with E-state index in [1.807, 2.05) is 18.2 Å². The molecule has 0 saturated heterocycles. The fourth-order valence-electron chi connectivity index (χ4n) is 3.43. The quantitative estimate of drug-likeness (QED) is 0.136. The van der Waals surface area contributed by atoms with Crippen molar-refractivity contribution < 1.29 is 28.5 Å². The third kappa shape index (κ3) is 10.7. The summed E-state index contributed by atoms with van der Waals surface area (Å²) in [5.41, 5.74) is 13.4. The number of ether oxygens (including phenoxy) is 4. The highest BCUT2D eigenvalue weighted by atomic mass is 16.5. The zero-order chi connectivity index (χ0) is 26.2. The molecule has 8 heteroatoms. The maximum atomic E-state index is 12.0. The van der Waals surface area contributed by atoms with E-state index < -0.39 is 11.9 Å². The van der Waals surface area contributed by atoms with E-state index in [-0.39, 0.29) is 0 Å². The Morgan fingerprint density at radius 1 is 0.806 bits per heavy atom. The van der Waals surface area contributed by atoms with Crippen LogP contribution in [0.3, 0.4) is 0 Å². The Kier molecular flexibility index (Phi) is 12.8. The van der Waals surface area contributed by atoms with Gasteiger partial charge in [0.2, 0.25) is 0 Å². The molecule has 0 spiro atoms. The number of anilines is 2. The highest BCUT2D eigenvalue weighted by Gasteiger charge is 2.09.